The van der Waals surface area contributed by atoms with Gasteiger partial charge in [0.25, 0.3) is 5.04 Å². The zero-order valence-corrected chi connectivity index (χ0v) is 9.66. The normalized spacial score (nSPS) is 11.4. The van der Waals surface area contributed by atoms with Gasteiger partial charge in [-0.2, -0.15) is 5.26 Å². The van der Waals surface area contributed by atoms with E-state index >= 15 is 0 Å². The maximum atomic E-state index is 11.6. The van der Waals surface area contributed by atoms with E-state index in [4.69, 9.17) is 10.5 Å². The quantitative estimate of drug-likeness (QED) is 0.274. The first-order valence-corrected chi connectivity index (χ1v) is 5.93. The van der Waals surface area contributed by atoms with Gasteiger partial charge in [-0.3, -0.25) is 0 Å². The first kappa shape index (κ1) is 15.6. The molecule has 0 aliphatic heterocycles. The molecule has 0 aliphatic rings. The van der Waals surface area contributed by atoms with E-state index in [-0.39, 0.29) is 34.5 Å². The van der Waals surface area contributed by atoms with Crippen LogP contribution in [0.15, 0.2) is 38.8 Å². The molecule has 8 heteroatoms. The second-order valence-corrected chi connectivity index (χ2v) is 5.25. The number of oxime groups is 1. The van der Waals surface area contributed by atoms with Gasteiger partial charge in [0.1, 0.15) is 6.07 Å². The Morgan fingerprint density at radius 3 is 2.25 bits per heavy atom. The van der Waals surface area contributed by atoms with E-state index in [1.54, 1.807) is 0 Å². The minimum atomic E-state index is -4.00. The summed E-state index contributed by atoms with van der Waals surface area (Å²) in [6.45, 7) is 0. The molecular formula is C8H6BrN2NaO3S. The summed E-state index contributed by atoms with van der Waals surface area (Å²) in [4.78, 5) is -0.0972. The monoisotopic (exact) mass is 312 g/mol. The van der Waals surface area contributed by atoms with Gasteiger partial charge >= 0.3 is 29.6 Å². The van der Waals surface area contributed by atoms with Crippen molar-refractivity contribution in [2.24, 2.45) is 5.16 Å². The summed E-state index contributed by atoms with van der Waals surface area (Å²) >= 11 is 3.14. The first-order chi connectivity index (χ1) is 7.02. The Bertz CT molecular complexity index is 533. The Balaban J connectivity index is 0.00000225. The van der Waals surface area contributed by atoms with E-state index < -0.39 is 14.9 Å². The molecule has 0 fully saturated rings. The second kappa shape index (κ2) is 6.37. The molecule has 0 aromatic heterocycles. The van der Waals surface area contributed by atoms with Gasteiger partial charge in [-0.1, -0.05) is 21.1 Å². The van der Waals surface area contributed by atoms with Crippen LogP contribution in [-0.4, -0.2) is 48.2 Å². The van der Waals surface area contributed by atoms with Crippen molar-refractivity contribution in [2.45, 2.75) is 4.90 Å². The summed E-state index contributed by atoms with van der Waals surface area (Å²) in [5, 5.41) is 18.3. The van der Waals surface area contributed by atoms with Crippen molar-refractivity contribution in [1.82, 2.24) is 0 Å². The molecule has 5 nitrogen and oxygen atoms in total. The summed E-state index contributed by atoms with van der Waals surface area (Å²) in [6, 6.07) is 6.95. The van der Waals surface area contributed by atoms with E-state index in [2.05, 4.69) is 21.1 Å². The van der Waals surface area contributed by atoms with Crippen LogP contribution in [0.5, 0.6) is 0 Å². The molecule has 0 spiro atoms. The number of nitriles is 1. The summed E-state index contributed by atoms with van der Waals surface area (Å²) in [7, 11) is -4.00. The Labute approximate surface area is 123 Å². The summed E-state index contributed by atoms with van der Waals surface area (Å²) < 4.78 is 23.9. The maximum absolute atomic E-state index is 11.6. The van der Waals surface area contributed by atoms with Crippen LogP contribution in [0, 0.1) is 11.3 Å². The second-order valence-electron chi connectivity index (χ2n) is 2.47. The van der Waals surface area contributed by atoms with Gasteiger partial charge in [0.15, 0.2) is 0 Å². The molecule has 1 aromatic rings. The summed E-state index contributed by atoms with van der Waals surface area (Å²) in [6.07, 6.45) is 0. The van der Waals surface area contributed by atoms with Crippen molar-refractivity contribution in [2.75, 3.05) is 0 Å². The number of benzene rings is 1. The number of rotatable bonds is 1. The Morgan fingerprint density at radius 2 is 1.88 bits per heavy atom. The van der Waals surface area contributed by atoms with Gasteiger partial charge in [0, 0.05) is 4.47 Å². The van der Waals surface area contributed by atoms with Crippen molar-refractivity contribution in [3.05, 3.63) is 28.7 Å². The van der Waals surface area contributed by atoms with Crippen LogP contribution in [0.25, 0.3) is 0 Å². The molecule has 0 heterocycles. The van der Waals surface area contributed by atoms with Crippen molar-refractivity contribution < 1.29 is 13.6 Å². The molecule has 0 bridgehead atoms. The van der Waals surface area contributed by atoms with Crippen LogP contribution in [0.2, 0.25) is 0 Å². The number of nitrogens with zero attached hydrogens (tertiary/aromatic N) is 2. The van der Waals surface area contributed by atoms with Crippen LogP contribution in [0.4, 0.5) is 0 Å². The van der Waals surface area contributed by atoms with Crippen LogP contribution >= 0.6 is 15.9 Å². The summed E-state index contributed by atoms with van der Waals surface area (Å²) in [5.41, 5.74) is 0. The van der Waals surface area contributed by atoms with Crippen molar-refractivity contribution in [1.29, 1.82) is 5.26 Å². The van der Waals surface area contributed by atoms with Crippen molar-refractivity contribution in [3.63, 3.8) is 0 Å². The van der Waals surface area contributed by atoms with E-state index in [1.807, 2.05) is 0 Å². The molecule has 0 saturated heterocycles. The molecule has 1 aromatic carbocycles. The number of hydrogen-bond acceptors (Lipinski definition) is 5. The third kappa shape index (κ3) is 3.30. The van der Waals surface area contributed by atoms with Crippen LogP contribution in [-0.2, 0) is 9.84 Å². The van der Waals surface area contributed by atoms with E-state index in [9.17, 15) is 8.42 Å². The minimum absolute atomic E-state index is 0. The average Bonchev–Trinajstić information content (AvgIpc) is 2.19. The number of sulfone groups is 1. The molecule has 0 atom stereocenters. The molecular weight excluding hydrogens is 307 g/mol. The third-order valence-corrected chi connectivity index (χ3v) is 3.67. The topological polar surface area (TPSA) is 90.5 Å². The van der Waals surface area contributed by atoms with Crippen molar-refractivity contribution in [3.8, 4) is 6.07 Å². The fourth-order valence-corrected chi connectivity index (χ4v) is 2.07. The fraction of sp³-hybridized carbons (Fsp3) is 0. The molecule has 0 unspecified atom stereocenters. The molecule has 0 saturated carbocycles. The van der Waals surface area contributed by atoms with E-state index in [0.717, 1.165) is 0 Å². The van der Waals surface area contributed by atoms with Gasteiger partial charge in [0.2, 0.25) is 9.84 Å². The number of hydrogen-bond donors (Lipinski definition) is 1. The van der Waals surface area contributed by atoms with Gasteiger partial charge in [-0.25, -0.2) is 8.42 Å². The van der Waals surface area contributed by atoms with Gasteiger partial charge < -0.3 is 5.21 Å². The number of halogens is 1. The standard InChI is InChI=1S/C8H5BrN2O3S.Na.H/c9-6-1-3-7(4-2-6)15(13,14)8(5-10)11-12;;/h1-4,12H;;. The molecule has 0 amide bonds. The predicted octanol–water partition coefficient (Wildman–Crippen LogP) is 0.886. The molecule has 80 valence electrons. The molecule has 1 rings (SSSR count). The molecule has 16 heavy (non-hydrogen) atoms. The molecule has 0 radical (unpaired) electrons. The van der Waals surface area contributed by atoms with Gasteiger partial charge in [-0.15, -0.1) is 0 Å². The first-order valence-electron chi connectivity index (χ1n) is 3.65. The van der Waals surface area contributed by atoms with Gasteiger partial charge in [0.05, 0.1) is 4.90 Å². The third-order valence-electron chi connectivity index (χ3n) is 1.56. The predicted molar refractivity (Wildman–Crippen MR) is 63.3 cm³/mol. The Hall–Kier alpha value is -0.390. The SMILES string of the molecule is N#CC(=NO)S(=O)(=O)c1ccc(Br)cc1.[NaH]. The van der Waals surface area contributed by atoms with Crippen LogP contribution in [0.1, 0.15) is 0 Å². The van der Waals surface area contributed by atoms with Crippen LogP contribution in [0.3, 0.4) is 0 Å². The summed E-state index contributed by atoms with van der Waals surface area (Å²) in [5.74, 6) is 0. The fourth-order valence-electron chi connectivity index (χ4n) is 0.862. The zero-order valence-electron chi connectivity index (χ0n) is 7.25. The molecule has 0 aliphatic carbocycles. The van der Waals surface area contributed by atoms with Crippen molar-refractivity contribution >= 4 is 60.4 Å². The molecule has 1 N–H and O–H groups in total. The van der Waals surface area contributed by atoms with E-state index in [1.165, 1.54) is 30.3 Å². The Morgan fingerprint density at radius 1 is 1.38 bits per heavy atom. The van der Waals surface area contributed by atoms with Crippen LogP contribution < -0.4 is 0 Å². The zero-order chi connectivity index (χ0) is 11.5. The Kier molecular flexibility index (Phi) is 6.22. The van der Waals surface area contributed by atoms with Gasteiger partial charge in [-0.05, 0) is 24.3 Å². The average molecular weight is 313 g/mol. The van der Waals surface area contributed by atoms with E-state index in [0.29, 0.717) is 4.47 Å².